The van der Waals surface area contributed by atoms with Gasteiger partial charge in [-0.2, -0.15) is 4.98 Å². The summed E-state index contributed by atoms with van der Waals surface area (Å²) < 4.78 is 16.0. The van der Waals surface area contributed by atoms with Crippen molar-refractivity contribution >= 4 is 12.4 Å². The molecule has 22 heavy (non-hydrogen) atoms. The van der Waals surface area contributed by atoms with Crippen molar-refractivity contribution in [1.29, 1.82) is 0 Å². The molecule has 0 fully saturated rings. The van der Waals surface area contributed by atoms with Gasteiger partial charge in [0.05, 0.1) is 13.2 Å². The summed E-state index contributed by atoms with van der Waals surface area (Å²) in [4.78, 5) is 4.36. The zero-order valence-corrected chi connectivity index (χ0v) is 13.6. The fourth-order valence-corrected chi connectivity index (χ4v) is 1.81. The first-order valence-electron chi connectivity index (χ1n) is 7.07. The molecular formula is C15H22ClN3O3. The highest BCUT2D eigenvalue weighted by Crippen LogP contribution is 2.20. The monoisotopic (exact) mass is 327 g/mol. The molecule has 0 saturated heterocycles. The number of nitrogens with zero attached hydrogens (tertiary/aromatic N) is 2. The molecule has 0 aliphatic rings. The Morgan fingerprint density at radius 1 is 1.23 bits per heavy atom. The quantitative estimate of drug-likeness (QED) is 0.750. The van der Waals surface area contributed by atoms with Crippen LogP contribution in [-0.2, 0) is 16.0 Å². The largest absolute Gasteiger partial charge is 0.379 e. The third kappa shape index (κ3) is 5.06. The van der Waals surface area contributed by atoms with Crippen LogP contribution in [0.4, 0.5) is 0 Å². The topological polar surface area (TPSA) is 83.4 Å². The van der Waals surface area contributed by atoms with Crippen molar-refractivity contribution in [1.82, 2.24) is 10.1 Å². The highest BCUT2D eigenvalue weighted by molar-refractivity contribution is 5.85. The molecule has 2 rings (SSSR count). The molecule has 0 radical (unpaired) electrons. The van der Waals surface area contributed by atoms with Crippen LogP contribution in [0.5, 0.6) is 0 Å². The number of aromatic nitrogens is 2. The zero-order chi connectivity index (χ0) is 15.1. The first-order chi connectivity index (χ1) is 10.2. The van der Waals surface area contributed by atoms with E-state index in [0.29, 0.717) is 38.1 Å². The van der Waals surface area contributed by atoms with E-state index in [1.807, 2.05) is 38.1 Å². The number of benzene rings is 1. The summed E-state index contributed by atoms with van der Waals surface area (Å²) in [6, 6.07) is 7.76. The lowest BCUT2D eigenvalue weighted by molar-refractivity contribution is 0.00144. The predicted octanol–water partition coefficient (Wildman–Crippen LogP) is 2.73. The smallest absolute Gasteiger partial charge is 0.255 e. The maximum absolute atomic E-state index is 5.58. The minimum atomic E-state index is -0.255. The highest BCUT2D eigenvalue weighted by atomic mass is 35.5. The SMILES string of the molecule is CCOCCOC(C)c1nc(-c2ccc(CN)cc2)no1.Cl. The lowest BCUT2D eigenvalue weighted by atomic mass is 10.1. The first-order valence-corrected chi connectivity index (χ1v) is 7.07. The number of nitrogens with two attached hydrogens (primary N) is 1. The molecule has 1 atom stereocenters. The highest BCUT2D eigenvalue weighted by Gasteiger charge is 2.15. The van der Waals surface area contributed by atoms with Crippen LogP contribution in [0.15, 0.2) is 28.8 Å². The lowest BCUT2D eigenvalue weighted by Gasteiger charge is -2.08. The molecule has 2 aromatic rings. The van der Waals surface area contributed by atoms with E-state index in [9.17, 15) is 0 Å². The van der Waals surface area contributed by atoms with Crippen LogP contribution < -0.4 is 5.73 Å². The van der Waals surface area contributed by atoms with Gasteiger partial charge in [-0.05, 0) is 19.4 Å². The summed E-state index contributed by atoms with van der Waals surface area (Å²) in [5, 5.41) is 3.98. The maximum Gasteiger partial charge on any atom is 0.255 e. The van der Waals surface area contributed by atoms with Crippen LogP contribution >= 0.6 is 12.4 Å². The molecule has 0 saturated carbocycles. The molecule has 1 aromatic carbocycles. The van der Waals surface area contributed by atoms with Crippen molar-refractivity contribution in [2.45, 2.75) is 26.5 Å². The summed E-state index contributed by atoms with van der Waals surface area (Å²) in [5.74, 6) is 1.01. The predicted molar refractivity (Wildman–Crippen MR) is 85.7 cm³/mol. The number of rotatable bonds is 8. The van der Waals surface area contributed by atoms with Crippen molar-refractivity contribution < 1.29 is 14.0 Å². The van der Waals surface area contributed by atoms with Gasteiger partial charge in [-0.3, -0.25) is 0 Å². The van der Waals surface area contributed by atoms with Gasteiger partial charge in [0.1, 0.15) is 6.10 Å². The summed E-state index contributed by atoms with van der Waals surface area (Å²) in [5.41, 5.74) is 7.53. The third-order valence-electron chi connectivity index (χ3n) is 3.04. The summed E-state index contributed by atoms with van der Waals surface area (Å²) in [6.07, 6.45) is -0.255. The fourth-order valence-electron chi connectivity index (χ4n) is 1.81. The van der Waals surface area contributed by atoms with E-state index in [2.05, 4.69) is 10.1 Å². The van der Waals surface area contributed by atoms with Gasteiger partial charge in [0, 0.05) is 18.7 Å². The van der Waals surface area contributed by atoms with Gasteiger partial charge in [0.2, 0.25) is 5.82 Å². The molecule has 0 bridgehead atoms. The van der Waals surface area contributed by atoms with E-state index >= 15 is 0 Å². The van der Waals surface area contributed by atoms with Gasteiger partial charge in [0.15, 0.2) is 0 Å². The lowest BCUT2D eigenvalue weighted by Crippen LogP contribution is -2.07. The molecule has 2 N–H and O–H groups in total. The van der Waals surface area contributed by atoms with Gasteiger partial charge in [-0.1, -0.05) is 29.4 Å². The zero-order valence-electron chi connectivity index (χ0n) is 12.8. The molecule has 0 aliphatic carbocycles. The van der Waals surface area contributed by atoms with E-state index in [-0.39, 0.29) is 18.5 Å². The normalized spacial score (nSPS) is 12.0. The van der Waals surface area contributed by atoms with Gasteiger partial charge in [-0.15, -0.1) is 12.4 Å². The Bertz CT molecular complexity index is 545. The van der Waals surface area contributed by atoms with Gasteiger partial charge in [-0.25, -0.2) is 0 Å². The van der Waals surface area contributed by atoms with Crippen LogP contribution in [0.3, 0.4) is 0 Å². The van der Waals surface area contributed by atoms with Gasteiger partial charge < -0.3 is 19.7 Å². The number of halogens is 1. The Morgan fingerprint density at radius 2 is 1.95 bits per heavy atom. The van der Waals surface area contributed by atoms with E-state index in [1.165, 1.54) is 0 Å². The van der Waals surface area contributed by atoms with Crippen LogP contribution in [-0.4, -0.2) is 30.0 Å². The van der Waals surface area contributed by atoms with Crippen LogP contribution in [0.25, 0.3) is 11.4 Å². The standard InChI is InChI=1S/C15H21N3O3.ClH/c1-3-19-8-9-20-11(2)15-17-14(18-21-15)13-6-4-12(10-16)5-7-13;/h4-7,11H,3,8-10,16H2,1-2H3;1H. The van der Waals surface area contributed by atoms with Crippen LogP contribution in [0.2, 0.25) is 0 Å². The molecule has 0 aliphatic heterocycles. The van der Waals surface area contributed by atoms with Gasteiger partial charge >= 0.3 is 0 Å². The van der Waals surface area contributed by atoms with Crippen molar-refractivity contribution in [3.63, 3.8) is 0 Å². The second-order valence-corrected chi connectivity index (χ2v) is 4.57. The average molecular weight is 328 g/mol. The molecule has 122 valence electrons. The third-order valence-corrected chi connectivity index (χ3v) is 3.04. The van der Waals surface area contributed by atoms with E-state index < -0.39 is 0 Å². The number of hydrogen-bond acceptors (Lipinski definition) is 6. The van der Waals surface area contributed by atoms with E-state index in [1.54, 1.807) is 0 Å². The first kappa shape index (κ1) is 18.6. The second kappa shape index (κ2) is 9.53. The van der Waals surface area contributed by atoms with Crippen molar-refractivity contribution in [2.24, 2.45) is 5.73 Å². The summed E-state index contributed by atoms with van der Waals surface area (Å²) in [6.45, 7) is 6.08. The Hall–Kier alpha value is -1.47. The molecular weight excluding hydrogens is 306 g/mol. The van der Waals surface area contributed by atoms with E-state index in [4.69, 9.17) is 19.7 Å². The second-order valence-electron chi connectivity index (χ2n) is 4.57. The molecule has 0 amide bonds. The molecule has 6 nitrogen and oxygen atoms in total. The van der Waals surface area contributed by atoms with Crippen molar-refractivity contribution in [2.75, 3.05) is 19.8 Å². The van der Waals surface area contributed by atoms with Gasteiger partial charge in [0.25, 0.3) is 5.89 Å². The fraction of sp³-hybridized carbons (Fsp3) is 0.467. The number of hydrogen-bond donors (Lipinski definition) is 1. The average Bonchev–Trinajstić information content (AvgIpc) is 3.01. The van der Waals surface area contributed by atoms with E-state index in [0.717, 1.165) is 11.1 Å². The molecule has 0 spiro atoms. The molecule has 1 heterocycles. The summed E-state index contributed by atoms with van der Waals surface area (Å²) in [7, 11) is 0. The maximum atomic E-state index is 5.58. The minimum absolute atomic E-state index is 0. The molecule has 7 heteroatoms. The van der Waals surface area contributed by atoms with Crippen molar-refractivity contribution in [3.05, 3.63) is 35.7 Å². The summed E-state index contributed by atoms with van der Waals surface area (Å²) >= 11 is 0. The minimum Gasteiger partial charge on any atom is -0.379 e. The van der Waals surface area contributed by atoms with Crippen molar-refractivity contribution in [3.8, 4) is 11.4 Å². The Balaban J connectivity index is 0.00000242. The molecule has 1 aromatic heterocycles. The van der Waals surface area contributed by atoms with Crippen LogP contribution in [0, 0.1) is 0 Å². The molecule has 1 unspecified atom stereocenters. The Kier molecular flexibility index (Phi) is 8.05. The Morgan fingerprint density at radius 3 is 2.59 bits per heavy atom. The Labute approximate surface area is 136 Å². The number of ether oxygens (including phenoxy) is 2. The van der Waals surface area contributed by atoms with Crippen LogP contribution in [0.1, 0.15) is 31.4 Å².